The highest BCUT2D eigenvalue weighted by Gasteiger charge is 2.17. The Balaban J connectivity index is 1.49. The summed E-state index contributed by atoms with van der Waals surface area (Å²) in [6.45, 7) is 1.84. The monoisotopic (exact) mass is 372 g/mol. The van der Waals surface area contributed by atoms with Gasteiger partial charge in [-0.25, -0.2) is 4.99 Å². The molecule has 1 amide bonds. The van der Waals surface area contributed by atoms with Gasteiger partial charge in [0, 0.05) is 24.8 Å². The van der Waals surface area contributed by atoms with E-state index in [9.17, 15) is 4.79 Å². The van der Waals surface area contributed by atoms with Gasteiger partial charge in [-0.05, 0) is 43.4 Å². The van der Waals surface area contributed by atoms with Crippen LogP contribution in [0.1, 0.15) is 67.3 Å². The fourth-order valence-corrected chi connectivity index (χ4v) is 3.78. The first kappa shape index (κ1) is 19.7. The molecule has 1 saturated heterocycles. The molecule has 1 unspecified atom stereocenters. The van der Waals surface area contributed by atoms with Gasteiger partial charge in [-0.2, -0.15) is 0 Å². The lowest BCUT2D eigenvalue weighted by Gasteiger charge is -2.16. The Morgan fingerprint density at radius 2 is 1.96 bits per heavy atom. The largest absolute Gasteiger partial charge is 0.376 e. The van der Waals surface area contributed by atoms with E-state index in [1.165, 1.54) is 25.7 Å². The Morgan fingerprint density at radius 3 is 2.70 bits per heavy atom. The number of rotatable bonds is 6. The average Bonchev–Trinajstić information content (AvgIpc) is 3.08. The molecule has 1 heterocycles. The molecule has 1 aliphatic heterocycles. The number of aliphatic imine (C=N–C) groups is 1. The highest BCUT2D eigenvalue weighted by Crippen LogP contribution is 2.17. The second-order valence-electron chi connectivity index (χ2n) is 7.58. The first-order chi connectivity index (χ1) is 13.2. The Kier molecular flexibility index (Phi) is 7.51. The van der Waals surface area contributed by atoms with Crippen LogP contribution >= 0.6 is 0 Å². The minimum Gasteiger partial charge on any atom is -0.376 e. The molecule has 2 aliphatic rings. The maximum atomic E-state index is 12.3. The van der Waals surface area contributed by atoms with Crippen LogP contribution < -0.4 is 16.4 Å². The Hall–Kier alpha value is -2.08. The quantitative estimate of drug-likeness (QED) is 0.407. The molecule has 2 fully saturated rings. The molecule has 0 radical (unpaired) electrons. The molecule has 0 bridgehead atoms. The van der Waals surface area contributed by atoms with Crippen molar-refractivity contribution >= 4 is 11.9 Å². The number of ether oxygens (including phenoxy) is 1. The summed E-state index contributed by atoms with van der Waals surface area (Å²) in [6, 6.07) is 8.00. The van der Waals surface area contributed by atoms with Gasteiger partial charge in [0.15, 0.2) is 5.96 Å². The zero-order valence-electron chi connectivity index (χ0n) is 16.1. The summed E-state index contributed by atoms with van der Waals surface area (Å²) < 4.78 is 5.54. The van der Waals surface area contributed by atoms with E-state index in [4.69, 9.17) is 10.5 Å². The lowest BCUT2D eigenvalue weighted by molar-refractivity contribution is 0.0857. The third kappa shape index (κ3) is 6.54. The second kappa shape index (κ2) is 10.3. The molecule has 3 rings (SSSR count). The van der Waals surface area contributed by atoms with Crippen LogP contribution in [-0.2, 0) is 11.3 Å². The van der Waals surface area contributed by atoms with Crippen molar-refractivity contribution in [1.82, 2.24) is 10.6 Å². The Morgan fingerprint density at radius 1 is 1.15 bits per heavy atom. The molecular weight excluding hydrogens is 340 g/mol. The van der Waals surface area contributed by atoms with Crippen LogP contribution in [0.25, 0.3) is 0 Å². The number of nitrogens with two attached hydrogens (primary N) is 1. The van der Waals surface area contributed by atoms with Crippen LogP contribution in [0.5, 0.6) is 0 Å². The number of carbonyl (C=O) groups excluding carboxylic acids is 1. The van der Waals surface area contributed by atoms with Crippen LogP contribution in [0.3, 0.4) is 0 Å². The maximum absolute atomic E-state index is 12.3. The fraction of sp³-hybridized carbons (Fsp3) is 0.619. The maximum Gasteiger partial charge on any atom is 0.251 e. The number of nitrogens with one attached hydrogen (secondary N) is 2. The molecule has 1 atom stereocenters. The molecule has 6 nitrogen and oxygen atoms in total. The predicted molar refractivity (Wildman–Crippen MR) is 108 cm³/mol. The number of carbonyl (C=O) groups is 1. The fourth-order valence-electron chi connectivity index (χ4n) is 3.78. The van der Waals surface area contributed by atoms with E-state index in [1.54, 1.807) is 0 Å². The summed E-state index contributed by atoms with van der Waals surface area (Å²) in [7, 11) is 0. The lowest BCUT2D eigenvalue weighted by Crippen LogP contribution is -2.39. The van der Waals surface area contributed by atoms with Crippen molar-refractivity contribution in [2.45, 2.75) is 70.1 Å². The molecule has 1 aromatic carbocycles. The van der Waals surface area contributed by atoms with Gasteiger partial charge >= 0.3 is 0 Å². The van der Waals surface area contributed by atoms with Gasteiger partial charge in [0.05, 0.1) is 12.6 Å². The van der Waals surface area contributed by atoms with Crippen LogP contribution in [0.2, 0.25) is 0 Å². The third-order valence-corrected chi connectivity index (χ3v) is 5.34. The van der Waals surface area contributed by atoms with Crippen molar-refractivity contribution in [3.05, 3.63) is 35.4 Å². The molecule has 6 heteroatoms. The summed E-state index contributed by atoms with van der Waals surface area (Å²) in [5, 5.41) is 6.31. The van der Waals surface area contributed by atoms with Crippen molar-refractivity contribution in [3.63, 3.8) is 0 Å². The minimum absolute atomic E-state index is 0.0686. The molecule has 148 valence electrons. The van der Waals surface area contributed by atoms with Crippen LogP contribution in [0, 0.1) is 0 Å². The summed E-state index contributed by atoms with van der Waals surface area (Å²) >= 11 is 0. The Labute approximate surface area is 162 Å². The van der Waals surface area contributed by atoms with E-state index in [1.807, 2.05) is 24.3 Å². The van der Waals surface area contributed by atoms with Crippen LogP contribution in [0.4, 0.5) is 0 Å². The number of benzene rings is 1. The van der Waals surface area contributed by atoms with Gasteiger partial charge in [0.2, 0.25) is 0 Å². The molecule has 1 saturated carbocycles. The Bertz CT molecular complexity index is 633. The van der Waals surface area contributed by atoms with Gasteiger partial charge in [-0.15, -0.1) is 0 Å². The first-order valence-electron chi connectivity index (χ1n) is 10.3. The second-order valence-corrected chi connectivity index (χ2v) is 7.58. The standard InChI is InChI=1S/C21H32N4O2/c22-21(25-18-9-3-1-2-4-10-18)24-14-16-7-5-8-17(13-16)20(26)23-15-19-11-6-12-27-19/h5,7-8,13,18-19H,1-4,6,9-12,14-15H2,(H,23,26)(H3,22,24,25). The van der Waals surface area contributed by atoms with Crippen molar-refractivity contribution in [2.24, 2.45) is 10.7 Å². The van der Waals surface area contributed by atoms with Gasteiger partial charge in [-0.3, -0.25) is 4.79 Å². The molecule has 27 heavy (non-hydrogen) atoms. The third-order valence-electron chi connectivity index (χ3n) is 5.34. The normalized spacial score (nSPS) is 21.6. The van der Waals surface area contributed by atoms with E-state index < -0.39 is 0 Å². The van der Waals surface area contributed by atoms with E-state index in [-0.39, 0.29) is 12.0 Å². The number of guanidine groups is 1. The topological polar surface area (TPSA) is 88.7 Å². The van der Waals surface area contributed by atoms with Gasteiger partial charge in [0.25, 0.3) is 5.91 Å². The minimum atomic E-state index is -0.0686. The summed E-state index contributed by atoms with van der Waals surface area (Å²) in [5.74, 6) is 0.427. The SMILES string of the molecule is NC(=NCc1cccc(C(=O)NCC2CCCO2)c1)NC1CCCCCC1. The average molecular weight is 373 g/mol. The zero-order chi connectivity index (χ0) is 18.9. The number of amides is 1. The molecule has 1 aliphatic carbocycles. The van der Waals surface area contributed by atoms with Crippen molar-refractivity contribution < 1.29 is 9.53 Å². The van der Waals surface area contributed by atoms with E-state index in [0.29, 0.717) is 30.7 Å². The first-order valence-corrected chi connectivity index (χ1v) is 10.3. The number of nitrogens with zero attached hydrogens (tertiary/aromatic N) is 1. The number of hydrogen-bond donors (Lipinski definition) is 3. The highest BCUT2D eigenvalue weighted by molar-refractivity contribution is 5.94. The van der Waals surface area contributed by atoms with E-state index in [0.717, 1.165) is 37.9 Å². The molecular formula is C21H32N4O2. The molecule has 0 spiro atoms. The predicted octanol–water partition coefficient (Wildman–Crippen LogP) is 2.72. The molecule has 1 aromatic rings. The zero-order valence-corrected chi connectivity index (χ0v) is 16.1. The summed E-state index contributed by atoms with van der Waals surface area (Å²) in [5.41, 5.74) is 7.69. The summed E-state index contributed by atoms with van der Waals surface area (Å²) in [6.07, 6.45) is 9.71. The van der Waals surface area contributed by atoms with Gasteiger partial charge in [0.1, 0.15) is 0 Å². The van der Waals surface area contributed by atoms with Gasteiger partial charge in [-0.1, -0.05) is 37.8 Å². The van der Waals surface area contributed by atoms with Crippen LogP contribution in [-0.4, -0.2) is 37.2 Å². The van der Waals surface area contributed by atoms with Crippen molar-refractivity contribution in [2.75, 3.05) is 13.2 Å². The van der Waals surface area contributed by atoms with Gasteiger partial charge < -0.3 is 21.1 Å². The van der Waals surface area contributed by atoms with Crippen molar-refractivity contribution in [1.29, 1.82) is 0 Å². The van der Waals surface area contributed by atoms with Crippen LogP contribution in [0.15, 0.2) is 29.3 Å². The summed E-state index contributed by atoms with van der Waals surface area (Å²) in [4.78, 5) is 16.8. The lowest BCUT2D eigenvalue weighted by atomic mass is 10.1. The van der Waals surface area contributed by atoms with E-state index >= 15 is 0 Å². The number of hydrogen-bond acceptors (Lipinski definition) is 3. The smallest absolute Gasteiger partial charge is 0.251 e. The highest BCUT2D eigenvalue weighted by atomic mass is 16.5. The molecule has 4 N–H and O–H groups in total. The molecule has 0 aromatic heterocycles. The van der Waals surface area contributed by atoms with E-state index in [2.05, 4.69) is 15.6 Å². The van der Waals surface area contributed by atoms with Crippen molar-refractivity contribution in [3.8, 4) is 0 Å².